The minimum atomic E-state index is 0.119. The van der Waals surface area contributed by atoms with Gasteiger partial charge in [0.25, 0.3) is 0 Å². The molecule has 1 rings (SSSR count). The lowest BCUT2D eigenvalue weighted by Gasteiger charge is -2.15. The summed E-state index contributed by atoms with van der Waals surface area (Å²) >= 11 is 7.33. The molecule has 0 aliphatic rings. The van der Waals surface area contributed by atoms with Crippen molar-refractivity contribution in [2.75, 3.05) is 0 Å². The van der Waals surface area contributed by atoms with Gasteiger partial charge in [-0.2, -0.15) is 0 Å². The van der Waals surface area contributed by atoms with Gasteiger partial charge in [-0.1, -0.05) is 32.4 Å². The molecule has 0 aliphatic heterocycles. The minimum Gasteiger partial charge on any atom is -0.229 e. The van der Waals surface area contributed by atoms with Crippen LogP contribution in [0.2, 0.25) is 4.47 Å². The van der Waals surface area contributed by atoms with Gasteiger partial charge < -0.3 is 0 Å². The second-order valence-electron chi connectivity index (χ2n) is 3.62. The van der Waals surface area contributed by atoms with Crippen LogP contribution in [-0.4, -0.2) is 4.98 Å². The fourth-order valence-electron chi connectivity index (χ4n) is 1.06. The smallest absolute Gasteiger partial charge is 0.184 e. The summed E-state index contributed by atoms with van der Waals surface area (Å²) in [7, 11) is 0. The first-order valence-corrected chi connectivity index (χ1v) is 4.74. The molecule has 0 aromatic carbocycles. The molecular weight excluding hydrogens is 178 g/mol. The first-order valence-electron chi connectivity index (χ1n) is 3.54. The molecule has 0 unspecified atom stereocenters. The van der Waals surface area contributed by atoms with E-state index < -0.39 is 0 Å². The largest absolute Gasteiger partial charge is 0.229 e. The van der Waals surface area contributed by atoms with Crippen LogP contribution in [0.3, 0.4) is 0 Å². The van der Waals surface area contributed by atoms with Crippen molar-refractivity contribution < 1.29 is 0 Å². The molecule has 0 bridgehead atoms. The van der Waals surface area contributed by atoms with Crippen LogP contribution in [0, 0.1) is 6.92 Å². The summed E-state index contributed by atoms with van der Waals surface area (Å²) in [6.45, 7) is 8.49. The number of hydrogen-bond acceptors (Lipinski definition) is 2. The Kier molecular flexibility index (Phi) is 2.26. The van der Waals surface area contributed by atoms with Gasteiger partial charge in [0.2, 0.25) is 0 Å². The van der Waals surface area contributed by atoms with Gasteiger partial charge in [-0.05, 0) is 6.92 Å². The molecule has 1 aromatic rings. The highest BCUT2D eigenvalue weighted by Gasteiger charge is 2.20. The normalized spacial score (nSPS) is 12.1. The molecule has 0 aliphatic carbocycles. The van der Waals surface area contributed by atoms with Gasteiger partial charge in [0, 0.05) is 10.3 Å². The maximum atomic E-state index is 5.78. The lowest BCUT2D eigenvalue weighted by molar-refractivity contribution is 0.569. The number of aryl methyl sites for hydroxylation is 1. The highest BCUT2D eigenvalue weighted by Crippen LogP contribution is 2.30. The van der Waals surface area contributed by atoms with E-state index in [-0.39, 0.29) is 5.41 Å². The maximum absolute atomic E-state index is 5.78. The topological polar surface area (TPSA) is 12.9 Å². The third kappa shape index (κ3) is 1.94. The first-order chi connectivity index (χ1) is 4.91. The van der Waals surface area contributed by atoms with Crippen LogP contribution in [0.1, 0.15) is 31.3 Å². The zero-order chi connectivity index (χ0) is 8.65. The summed E-state index contributed by atoms with van der Waals surface area (Å²) in [6, 6.07) is 0. The van der Waals surface area contributed by atoms with Crippen LogP contribution in [0.25, 0.3) is 0 Å². The van der Waals surface area contributed by atoms with Crippen molar-refractivity contribution in [3.63, 3.8) is 0 Å². The summed E-state index contributed by atoms with van der Waals surface area (Å²) in [5.41, 5.74) is 1.24. The van der Waals surface area contributed by atoms with E-state index in [1.165, 1.54) is 4.88 Å². The number of thiazole rings is 1. The second kappa shape index (κ2) is 2.76. The van der Waals surface area contributed by atoms with Gasteiger partial charge in [-0.3, -0.25) is 0 Å². The molecule has 0 saturated heterocycles. The van der Waals surface area contributed by atoms with Gasteiger partial charge in [-0.25, -0.2) is 4.98 Å². The number of hydrogen-bond donors (Lipinski definition) is 0. The lowest BCUT2D eigenvalue weighted by atomic mass is 9.92. The fraction of sp³-hybridized carbons (Fsp3) is 0.625. The summed E-state index contributed by atoms with van der Waals surface area (Å²) in [4.78, 5) is 5.49. The third-order valence-corrected chi connectivity index (χ3v) is 2.56. The molecule has 0 atom stereocenters. The number of nitrogens with zero attached hydrogens (tertiary/aromatic N) is 1. The summed E-state index contributed by atoms with van der Waals surface area (Å²) in [5.74, 6) is 0. The molecule has 1 heterocycles. The standard InChI is InChI=1S/C8H12ClNS/c1-5-6(8(2,3)4)10-7(9)11-5/h1-4H3. The number of aromatic nitrogens is 1. The van der Waals surface area contributed by atoms with E-state index in [9.17, 15) is 0 Å². The Morgan fingerprint density at radius 2 is 1.91 bits per heavy atom. The molecule has 0 N–H and O–H groups in total. The molecule has 0 radical (unpaired) electrons. The van der Waals surface area contributed by atoms with Gasteiger partial charge in [0.1, 0.15) is 0 Å². The van der Waals surface area contributed by atoms with E-state index in [0.29, 0.717) is 4.47 Å². The Morgan fingerprint density at radius 1 is 1.36 bits per heavy atom. The van der Waals surface area contributed by atoms with Crippen molar-refractivity contribution >= 4 is 22.9 Å². The SMILES string of the molecule is Cc1sc(Cl)nc1C(C)(C)C. The molecule has 1 nitrogen and oxygen atoms in total. The predicted octanol–water partition coefficient (Wildman–Crippen LogP) is 3.40. The Morgan fingerprint density at radius 3 is 2.09 bits per heavy atom. The Bertz CT molecular complexity index is 260. The Hall–Kier alpha value is -0.0800. The lowest BCUT2D eigenvalue weighted by Crippen LogP contribution is -2.12. The second-order valence-corrected chi connectivity index (χ2v) is 5.41. The van der Waals surface area contributed by atoms with E-state index >= 15 is 0 Å². The van der Waals surface area contributed by atoms with Crippen molar-refractivity contribution in [3.8, 4) is 0 Å². The van der Waals surface area contributed by atoms with Gasteiger partial charge in [-0.15, -0.1) is 11.3 Å². The molecule has 0 saturated carbocycles. The van der Waals surface area contributed by atoms with Crippen molar-refractivity contribution in [2.24, 2.45) is 0 Å². The van der Waals surface area contributed by atoms with E-state index in [0.717, 1.165) is 5.69 Å². The van der Waals surface area contributed by atoms with Gasteiger partial charge in [0.15, 0.2) is 4.47 Å². The first kappa shape index (κ1) is 9.01. The van der Waals surface area contributed by atoms with Gasteiger partial charge >= 0.3 is 0 Å². The zero-order valence-electron chi connectivity index (χ0n) is 7.23. The summed E-state index contributed by atoms with van der Waals surface area (Å²) in [5, 5.41) is 0. The Labute approximate surface area is 76.4 Å². The molecule has 11 heavy (non-hydrogen) atoms. The third-order valence-electron chi connectivity index (χ3n) is 1.48. The van der Waals surface area contributed by atoms with Crippen LogP contribution in [0.5, 0.6) is 0 Å². The molecule has 1 aromatic heterocycles. The average molecular weight is 190 g/mol. The van der Waals surface area contributed by atoms with Crippen LogP contribution in [0.4, 0.5) is 0 Å². The fourth-order valence-corrected chi connectivity index (χ4v) is 2.33. The molecule has 62 valence electrons. The van der Waals surface area contributed by atoms with E-state index in [4.69, 9.17) is 11.6 Å². The van der Waals surface area contributed by atoms with E-state index in [1.54, 1.807) is 11.3 Å². The molecule has 0 amide bonds. The van der Waals surface area contributed by atoms with Gasteiger partial charge in [0.05, 0.1) is 5.69 Å². The number of rotatable bonds is 0. The molecule has 3 heteroatoms. The quantitative estimate of drug-likeness (QED) is 0.610. The van der Waals surface area contributed by atoms with Crippen LogP contribution >= 0.6 is 22.9 Å². The van der Waals surface area contributed by atoms with Crippen LogP contribution in [0.15, 0.2) is 0 Å². The van der Waals surface area contributed by atoms with Crippen LogP contribution in [-0.2, 0) is 5.41 Å². The molecule has 0 fully saturated rings. The molecular formula is C8H12ClNS. The monoisotopic (exact) mass is 189 g/mol. The van der Waals surface area contributed by atoms with E-state index in [2.05, 4.69) is 32.7 Å². The highest BCUT2D eigenvalue weighted by molar-refractivity contribution is 7.15. The van der Waals surface area contributed by atoms with Crippen molar-refractivity contribution in [1.82, 2.24) is 4.98 Å². The van der Waals surface area contributed by atoms with Crippen LogP contribution < -0.4 is 0 Å². The highest BCUT2D eigenvalue weighted by atomic mass is 35.5. The zero-order valence-corrected chi connectivity index (χ0v) is 8.81. The average Bonchev–Trinajstić information content (AvgIpc) is 2.08. The van der Waals surface area contributed by atoms with E-state index in [1.807, 2.05) is 0 Å². The predicted molar refractivity (Wildman–Crippen MR) is 50.6 cm³/mol. The maximum Gasteiger partial charge on any atom is 0.184 e. The Balaban J connectivity index is 3.13. The number of halogens is 1. The summed E-state index contributed by atoms with van der Waals surface area (Å²) in [6.07, 6.45) is 0. The van der Waals surface area contributed by atoms with Crippen molar-refractivity contribution in [2.45, 2.75) is 33.1 Å². The minimum absolute atomic E-state index is 0.119. The molecule has 0 spiro atoms. The summed E-state index contributed by atoms with van der Waals surface area (Å²) < 4.78 is 0.646. The van der Waals surface area contributed by atoms with Crippen molar-refractivity contribution in [3.05, 3.63) is 15.0 Å². The van der Waals surface area contributed by atoms with Crippen molar-refractivity contribution in [1.29, 1.82) is 0 Å².